The zero-order chi connectivity index (χ0) is 39.3. The Morgan fingerprint density at radius 1 is 0.293 bits per heavy atom. The van der Waals surface area contributed by atoms with Gasteiger partial charge in [0, 0.05) is 10.8 Å². The Kier molecular flexibility index (Phi) is 6.95. The second-order valence-electron chi connectivity index (χ2n) is 17.0. The Labute approximate surface area is 343 Å². The third-order valence-electron chi connectivity index (χ3n) is 14.2. The van der Waals surface area contributed by atoms with E-state index in [9.17, 15) is 0 Å². The second-order valence-corrected chi connectivity index (χ2v) is 17.0. The largest absolute Gasteiger partial charge is 0.457 e. The Morgan fingerprint density at radius 2 is 0.672 bits per heavy atom. The van der Waals surface area contributed by atoms with Crippen LogP contribution in [0.4, 0.5) is 0 Å². The predicted molar refractivity (Wildman–Crippen MR) is 275 cm³/mol. The van der Waals surface area contributed by atoms with Crippen LogP contribution in [0.3, 0.4) is 0 Å². The van der Waals surface area contributed by atoms with E-state index in [0.29, 0.717) is 0 Å². The molecule has 0 aliphatic heterocycles. The van der Waals surface area contributed by atoms with Gasteiger partial charge in [0.1, 0.15) is 66.1 Å². The lowest BCUT2D eigenvalue weighted by Crippen LogP contribution is -2.47. The minimum Gasteiger partial charge on any atom is -0.457 e. The van der Waals surface area contributed by atoms with E-state index in [1.165, 1.54) is 147 Å². The summed E-state index contributed by atoms with van der Waals surface area (Å²) in [5.74, 6) is 0. The summed E-state index contributed by atoms with van der Waals surface area (Å²) in [6.45, 7) is 0. The normalized spacial score (nSPS) is 12.3. The van der Waals surface area contributed by atoms with Crippen molar-refractivity contribution in [3.8, 4) is 33.4 Å². The van der Waals surface area contributed by atoms with Crippen molar-refractivity contribution >= 4 is 180 Å². The van der Waals surface area contributed by atoms with Crippen LogP contribution in [0.2, 0.25) is 0 Å². The monoisotopic (exact) mass is 728 g/mol. The van der Waals surface area contributed by atoms with Crippen LogP contribution < -0.4 is 38.2 Å². The number of hydrogen-bond donors (Lipinski definition) is 0. The van der Waals surface area contributed by atoms with Crippen molar-refractivity contribution in [1.29, 1.82) is 0 Å². The molecule has 0 saturated heterocycles. The standard InChI is InChI=1S/C50H35B7O/c51-42-39(43(52)47(56)49-40(42)41-44(53)45(54)46(55)48(57)50(41)58-49)30-20-28(31-15-11-26-9-7-22-3-1-5-24-13-17-33(31)37(26)35(22)24)19-29(21-30)32-16-12-27-10-8-23-4-2-6-25-14-18-34(32)38(27)36(23)25/h1-21H,51-57H2. The van der Waals surface area contributed by atoms with Gasteiger partial charge >= 0.3 is 0 Å². The number of benzene rings is 11. The number of hydrogen-bond acceptors (Lipinski definition) is 1. The smallest absolute Gasteiger partial charge is 0.143 e. The van der Waals surface area contributed by atoms with Gasteiger partial charge in [-0.1, -0.05) is 142 Å². The van der Waals surface area contributed by atoms with E-state index in [2.05, 4.69) is 182 Å². The zero-order valence-corrected chi connectivity index (χ0v) is 34.0. The van der Waals surface area contributed by atoms with Crippen molar-refractivity contribution < 1.29 is 4.42 Å². The summed E-state index contributed by atoms with van der Waals surface area (Å²) in [5.41, 5.74) is 18.5. The van der Waals surface area contributed by atoms with Crippen molar-refractivity contribution in [1.82, 2.24) is 0 Å². The van der Waals surface area contributed by atoms with E-state index in [1.807, 2.05) is 0 Å². The molecule has 0 aliphatic carbocycles. The van der Waals surface area contributed by atoms with Crippen molar-refractivity contribution in [2.75, 3.05) is 0 Å². The van der Waals surface area contributed by atoms with E-state index < -0.39 is 0 Å². The third-order valence-corrected chi connectivity index (χ3v) is 14.2. The van der Waals surface area contributed by atoms with Crippen molar-refractivity contribution in [2.24, 2.45) is 0 Å². The Balaban J connectivity index is 1.21. The topological polar surface area (TPSA) is 13.1 Å². The first-order valence-corrected chi connectivity index (χ1v) is 20.6. The van der Waals surface area contributed by atoms with Gasteiger partial charge in [0.25, 0.3) is 0 Å². The molecule has 1 aromatic heterocycles. The van der Waals surface area contributed by atoms with E-state index in [-0.39, 0.29) is 0 Å². The fraction of sp³-hybridized carbons (Fsp3) is 0. The summed E-state index contributed by atoms with van der Waals surface area (Å²) >= 11 is 0. The van der Waals surface area contributed by atoms with Gasteiger partial charge in [-0.25, -0.2) is 0 Å². The molecule has 0 aliphatic rings. The van der Waals surface area contributed by atoms with Gasteiger partial charge in [0.2, 0.25) is 0 Å². The van der Waals surface area contributed by atoms with Crippen LogP contribution in [0, 0.1) is 0 Å². The molecule has 0 unspecified atom stereocenters. The highest BCUT2D eigenvalue weighted by Crippen LogP contribution is 2.44. The van der Waals surface area contributed by atoms with Crippen LogP contribution in [0.15, 0.2) is 132 Å². The lowest BCUT2D eigenvalue weighted by Gasteiger charge is -2.20. The van der Waals surface area contributed by atoms with Crippen molar-refractivity contribution in [3.05, 3.63) is 127 Å². The molecule has 12 rings (SSSR count). The Morgan fingerprint density at radius 3 is 1.17 bits per heavy atom. The molecule has 11 aromatic carbocycles. The van der Waals surface area contributed by atoms with Crippen LogP contribution in [0.25, 0.3) is 120 Å². The molecule has 262 valence electrons. The molecular weight excluding hydrogens is 692 g/mol. The molecule has 8 heteroatoms. The quantitative estimate of drug-likeness (QED) is 0.201. The highest BCUT2D eigenvalue weighted by molar-refractivity contribution is 6.69. The number of fused-ring (bicyclic) bond motifs is 3. The molecule has 0 N–H and O–H groups in total. The van der Waals surface area contributed by atoms with E-state index in [4.69, 9.17) is 4.42 Å². The first kappa shape index (κ1) is 33.9. The van der Waals surface area contributed by atoms with Crippen LogP contribution in [-0.2, 0) is 0 Å². The second kappa shape index (κ2) is 11.9. The maximum absolute atomic E-state index is 6.88. The number of rotatable bonds is 3. The highest BCUT2D eigenvalue weighted by Gasteiger charge is 2.24. The van der Waals surface area contributed by atoms with Gasteiger partial charge < -0.3 is 4.42 Å². The average Bonchev–Trinajstić information content (AvgIpc) is 3.67. The minimum atomic E-state index is 1.01. The molecule has 1 heterocycles. The molecule has 0 spiro atoms. The summed E-state index contributed by atoms with van der Waals surface area (Å²) in [6.07, 6.45) is 0. The predicted octanol–water partition coefficient (Wildman–Crippen LogP) is 2.19. The van der Waals surface area contributed by atoms with Crippen LogP contribution >= 0.6 is 0 Å². The van der Waals surface area contributed by atoms with E-state index in [1.54, 1.807) is 0 Å². The highest BCUT2D eigenvalue weighted by atomic mass is 16.3. The van der Waals surface area contributed by atoms with Crippen LogP contribution in [-0.4, -0.2) is 54.9 Å². The van der Waals surface area contributed by atoms with E-state index in [0.717, 1.165) is 11.2 Å². The fourth-order valence-electron chi connectivity index (χ4n) is 10.8. The molecule has 0 bridgehead atoms. The molecule has 0 fully saturated rings. The molecule has 0 saturated carbocycles. The van der Waals surface area contributed by atoms with Gasteiger partial charge in [-0.2, -0.15) is 0 Å². The van der Waals surface area contributed by atoms with E-state index >= 15 is 0 Å². The van der Waals surface area contributed by atoms with Crippen molar-refractivity contribution in [2.45, 2.75) is 0 Å². The van der Waals surface area contributed by atoms with Crippen LogP contribution in [0.5, 0.6) is 0 Å². The maximum atomic E-state index is 6.88. The molecule has 0 radical (unpaired) electrons. The molecular formula is C50H35B7O. The minimum absolute atomic E-state index is 1.01. The molecule has 0 atom stereocenters. The molecule has 58 heavy (non-hydrogen) atoms. The SMILES string of the molecule is Bc1c(B)c(B)c2c(oc3c(B)c(B)c(-c4cc(-c5ccc6ccc7cccc8ccc5c6c78)cc(-c5ccc6ccc7cccc8ccc5c6c78)c4)c(B)c32)c1B. The maximum Gasteiger partial charge on any atom is 0.143 e. The van der Waals surface area contributed by atoms with Gasteiger partial charge in [-0.15, -0.1) is 5.46 Å². The lowest BCUT2D eigenvalue weighted by atomic mass is 9.64. The molecule has 1 nitrogen and oxygen atoms in total. The van der Waals surface area contributed by atoms with Crippen LogP contribution in [0.1, 0.15) is 0 Å². The summed E-state index contributed by atoms with van der Waals surface area (Å²) in [7, 11) is 15.8. The van der Waals surface area contributed by atoms with Crippen molar-refractivity contribution in [3.63, 3.8) is 0 Å². The third kappa shape index (κ3) is 4.41. The summed E-state index contributed by atoms with van der Waals surface area (Å²) in [4.78, 5) is 0. The zero-order valence-electron chi connectivity index (χ0n) is 34.0. The summed E-state index contributed by atoms with van der Waals surface area (Å²) in [5, 5.41) is 18.2. The molecule has 0 amide bonds. The van der Waals surface area contributed by atoms with Gasteiger partial charge in [-0.3, -0.25) is 0 Å². The summed E-state index contributed by atoms with van der Waals surface area (Å²) in [6, 6.07) is 48.5. The lowest BCUT2D eigenvalue weighted by molar-refractivity contribution is 0.675. The summed E-state index contributed by atoms with van der Waals surface area (Å²) < 4.78 is 6.88. The molecule has 12 aromatic rings. The first-order valence-electron chi connectivity index (χ1n) is 20.6. The average molecular weight is 728 g/mol. The first-order chi connectivity index (χ1) is 28.2. The van der Waals surface area contributed by atoms with Gasteiger partial charge in [0.15, 0.2) is 0 Å². The Hall–Kier alpha value is -6.25. The number of furan rings is 1. The Bertz CT molecular complexity index is 3570. The fourth-order valence-corrected chi connectivity index (χ4v) is 10.8. The van der Waals surface area contributed by atoms with Gasteiger partial charge in [-0.05, 0) is 116 Å². The van der Waals surface area contributed by atoms with Gasteiger partial charge in [0.05, 0.1) is 0 Å².